The Hall–Kier alpha value is -1.47. The van der Waals surface area contributed by atoms with Crippen LogP contribution in [0, 0.1) is 16.0 Å². The molecule has 1 aliphatic heterocycles. The van der Waals surface area contributed by atoms with E-state index < -0.39 is 4.92 Å². The number of nitrogens with one attached hydrogen (secondary N) is 2. The molecule has 0 radical (unpaired) electrons. The second kappa shape index (κ2) is 6.63. The van der Waals surface area contributed by atoms with E-state index in [1.807, 2.05) is 0 Å². The number of carbonyl (C=O) groups excluding carboxylic acids is 1. The highest BCUT2D eigenvalue weighted by Crippen LogP contribution is 2.22. The zero-order chi connectivity index (χ0) is 13.7. The first-order chi connectivity index (χ1) is 9.16. The van der Waals surface area contributed by atoms with E-state index in [1.54, 1.807) is 0 Å². The summed E-state index contributed by atoms with van der Waals surface area (Å²) in [5.74, 6) is 0.388. The van der Waals surface area contributed by atoms with Crippen molar-refractivity contribution in [2.24, 2.45) is 5.92 Å². The zero-order valence-electron chi connectivity index (χ0n) is 10.6. The van der Waals surface area contributed by atoms with Gasteiger partial charge in [0, 0.05) is 18.0 Å². The standard InChI is InChI=1S/C12H17N3O3S/c16-12(10-6-11(15(17)18)19-8-10)14-5-3-9-2-1-4-13-7-9/h6,8-9,13H,1-5,7H2,(H,14,16). The van der Waals surface area contributed by atoms with Crippen LogP contribution in [0.2, 0.25) is 0 Å². The summed E-state index contributed by atoms with van der Waals surface area (Å²) in [4.78, 5) is 21.8. The molecular weight excluding hydrogens is 266 g/mol. The lowest BCUT2D eigenvalue weighted by Gasteiger charge is -2.22. The molecule has 19 heavy (non-hydrogen) atoms. The van der Waals surface area contributed by atoms with E-state index >= 15 is 0 Å². The summed E-state index contributed by atoms with van der Waals surface area (Å²) in [5, 5.41) is 18.2. The molecule has 2 heterocycles. The van der Waals surface area contributed by atoms with E-state index in [-0.39, 0.29) is 10.9 Å². The van der Waals surface area contributed by atoms with E-state index in [9.17, 15) is 14.9 Å². The molecule has 1 saturated heterocycles. The Kier molecular flexibility index (Phi) is 4.86. The van der Waals surface area contributed by atoms with Gasteiger partial charge in [0.2, 0.25) is 0 Å². The quantitative estimate of drug-likeness (QED) is 0.637. The number of rotatable bonds is 5. The van der Waals surface area contributed by atoms with Gasteiger partial charge in [0.25, 0.3) is 5.91 Å². The molecule has 6 nitrogen and oxygen atoms in total. The number of hydrogen-bond acceptors (Lipinski definition) is 5. The van der Waals surface area contributed by atoms with Crippen LogP contribution in [-0.4, -0.2) is 30.5 Å². The van der Waals surface area contributed by atoms with Gasteiger partial charge in [-0.3, -0.25) is 14.9 Å². The second-order valence-corrected chi connectivity index (χ2v) is 5.58. The number of hydrogen-bond donors (Lipinski definition) is 2. The Morgan fingerprint density at radius 1 is 1.63 bits per heavy atom. The lowest BCUT2D eigenvalue weighted by Crippen LogP contribution is -2.33. The first-order valence-electron chi connectivity index (χ1n) is 6.38. The van der Waals surface area contributed by atoms with Gasteiger partial charge in [0.15, 0.2) is 0 Å². The summed E-state index contributed by atoms with van der Waals surface area (Å²) in [6.45, 7) is 2.72. The first-order valence-corrected chi connectivity index (χ1v) is 7.26. The summed E-state index contributed by atoms with van der Waals surface area (Å²) in [6.07, 6.45) is 3.34. The monoisotopic (exact) mass is 283 g/mol. The summed E-state index contributed by atoms with van der Waals surface area (Å²) >= 11 is 0.978. The van der Waals surface area contributed by atoms with Crippen molar-refractivity contribution in [1.82, 2.24) is 10.6 Å². The minimum Gasteiger partial charge on any atom is -0.352 e. The van der Waals surface area contributed by atoms with Gasteiger partial charge >= 0.3 is 5.00 Å². The van der Waals surface area contributed by atoms with Gasteiger partial charge in [-0.2, -0.15) is 0 Å². The van der Waals surface area contributed by atoms with Crippen molar-refractivity contribution in [3.05, 3.63) is 27.1 Å². The number of thiophene rings is 1. The molecule has 0 aliphatic carbocycles. The number of carbonyl (C=O) groups is 1. The van der Waals surface area contributed by atoms with Crippen LogP contribution in [0.15, 0.2) is 11.4 Å². The smallest absolute Gasteiger partial charge is 0.324 e. The molecule has 1 amide bonds. The Morgan fingerprint density at radius 3 is 3.11 bits per heavy atom. The van der Waals surface area contributed by atoms with E-state index in [4.69, 9.17) is 0 Å². The summed E-state index contributed by atoms with van der Waals surface area (Å²) < 4.78 is 0. The van der Waals surface area contributed by atoms with Gasteiger partial charge < -0.3 is 10.6 Å². The molecule has 1 fully saturated rings. The Morgan fingerprint density at radius 2 is 2.47 bits per heavy atom. The minimum absolute atomic E-state index is 0.00151. The maximum absolute atomic E-state index is 11.8. The van der Waals surface area contributed by atoms with Crippen molar-refractivity contribution in [3.8, 4) is 0 Å². The SMILES string of the molecule is O=C(NCCC1CCCNC1)c1csc([N+](=O)[O-])c1. The summed E-state index contributed by atoms with van der Waals surface area (Å²) in [6, 6.07) is 1.32. The molecule has 2 rings (SSSR count). The third-order valence-electron chi connectivity index (χ3n) is 3.26. The van der Waals surface area contributed by atoms with Crippen LogP contribution in [0.3, 0.4) is 0 Å². The predicted octanol–water partition coefficient (Wildman–Crippen LogP) is 1.78. The maximum atomic E-state index is 11.8. The van der Waals surface area contributed by atoms with Crippen LogP contribution in [0.1, 0.15) is 29.6 Å². The molecule has 0 aromatic carbocycles. The highest BCUT2D eigenvalue weighted by Gasteiger charge is 2.16. The van der Waals surface area contributed by atoms with E-state index in [2.05, 4.69) is 10.6 Å². The average Bonchev–Trinajstić information content (AvgIpc) is 2.89. The van der Waals surface area contributed by atoms with Gasteiger partial charge in [-0.15, -0.1) is 0 Å². The van der Waals surface area contributed by atoms with Crippen LogP contribution in [0.4, 0.5) is 5.00 Å². The molecular formula is C12H17N3O3S. The van der Waals surface area contributed by atoms with Gasteiger partial charge in [0.1, 0.15) is 0 Å². The Balaban J connectivity index is 1.75. The highest BCUT2D eigenvalue weighted by molar-refractivity contribution is 7.13. The van der Waals surface area contributed by atoms with E-state index in [0.717, 1.165) is 30.8 Å². The average molecular weight is 283 g/mol. The minimum atomic E-state index is -0.477. The Labute approximate surface area is 115 Å². The molecule has 104 valence electrons. The molecule has 7 heteroatoms. The van der Waals surface area contributed by atoms with Crippen molar-refractivity contribution >= 4 is 22.2 Å². The molecule has 2 N–H and O–H groups in total. The van der Waals surface area contributed by atoms with Crippen LogP contribution in [0.5, 0.6) is 0 Å². The van der Waals surface area contributed by atoms with Gasteiger partial charge in [-0.05, 0) is 38.3 Å². The molecule has 1 aromatic rings. The summed E-state index contributed by atoms with van der Waals surface area (Å²) in [7, 11) is 0. The normalized spacial score (nSPS) is 19.1. The predicted molar refractivity (Wildman–Crippen MR) is 73.5 cm³/mol. The van der Waals surface area contributed by atoms with Gasteiger partial charge in [0.05, 0.1) is 10.5 Å². The highest BCUT2D eigenvalue weighted by atomic mass is 32.1. The number of nitrogens with zero attached hydrogens (tertiary/aromatic N) is 1. The topological polar surface area (TPSA) is 84.3 Å². The van der Waals surface area contributed by atoms with Crippen molar-refractivity contribution < 1.29 is 9.72 Å². The number of piperidine rings is 1. The fraction of sp³-hybridized carbons (Fsp3) is 0.583. The molecule has 1 unspecified atom stereocenters. The van der Waals surface area contributed by atoms with Crippen LogP contribution >= 0.6 is 11.3 Å². The first kappa shape index (κ1) is 14.0. The molecule has 0 spiro atoms. The molecule has 0 saturated carbocycles. The van der Waals surface area contributed by atoms with Crippen LogP contribution < -0.4 is 10.6 Å². The van der Waals surface area contributed by atoms with Crippen LogP contribution in [-0.2, 0) is 0 Å². The van der Waals surface area contributed by atoms with E-state index in [0.29, 0.717) is 18.0 Å². The Bertz CT molecular complexity index is 455. The van der Waals surface area contributed by atoms with E-state index in [1.165, 1.54) is 24.3 Å². The van der Waals surface area contributed by atoms with Crippen molar-refractivity contribution in [3.63, 3.8) is 0 Å². The van der Waals surface area contributed by atoms with Crippen LogP contribution in [0.25, 0.3) is 0 Å². The second-order valence-electron chi connectivity index (χ2n) is 4.69. The summed E-state index contributed by atoms with van der Waals surface area (Å²) in [5.41, 5.74) is 0.374. The molecule has 1 aliphatic rings. The lowest BCUT2D eigenvalue weighted by molar-refractivity contribution is -0.380. The van der Waals surface area contributed by atoms with Crippen molar-refractivity contribution in [2.45, 2.75) is 19.3 Å². The fourth-order valence-electron chi connectivity index (χ4n) is 2.20. The third kappa shape index (κ3) is 4.00. The van der Waals surface area contributed by atoms with Crippen molar-refractivity contribution in [2.75, 3.05) is 19.6 Å². The number of amides is 1. The lowest BCUT2D eigenvalue weighted by atomic mass is 9.96. The third-order valence-corrected chi connectivity index (χ3v) is 4.15. The fourth-order valence-corrected chi connectivity index (χ4v) is 2.91. The molecule has 1 atom stereocenters. The maximum Gasteiger partial charge on any atom is 0.324 e. The largest absolute Gasteiger partial charge is 0.352 e. The molecule has 0 bridgehead atoms. The zero-order valence-corrected chi connectivity index (χ0v) is 11.4. The molecule has 1 aromatic heterocycles. The van der Waals surface area contributed by atoms with Crippen molar-refractivity contribution in [1.29, 1.82) is 0 Å². The van der Waals surface area contributed by atoms with Gasteiger partial charge in [-0.25, -0.2) is 0 Å². The number of nitro groups is 1. The van der Waals surface area contributed by atoms with Gasteiger partial charge in [-0.1, -0.05) is 11.3 Å².